The Hall–Kier alpha value is -2.88. The molecular weight excluding hydrogens is 276 g/mol. The summed E-state index contributed by atoms with van der Waals surface area (Å²) < 4.78 is 0. The van der Waals surface area contributed by atoms with E-state index in [0.717, 1.165) is 34.1 Å². The van der Waals surface area contributed by atoms with Crippen molar-refractivity contribution in [3.8, 4) is 0 Å². The number of carboxylic acids is 1. The van der Waals surface area contributed by atoms with Crippen molar-refractivity contribution in [2.45, 2.75) is 12.8 Å². The summed E-state index contributed by atoms with van der Waals surface area (Å²) in [6.45, 7) is 2.10. The average molecular weight is 292 g/mol. The fourth-order valence-electron chi connectivity index (χ4n) is 2.40. The van der Waals surface area contributed by atoms with Gasteiger partial charge in [-0.05, 0) is 29.3 Å². The van der Waals surface area contributed by atoms with Gasteiger partial charge in [0.25, 0.3) is 0 Å². The van der Waals surface area contributed by atoms with Gasteiger partial charge < -0.3 is 10.1 Å². The molecule has 22 heavy (non-hydrogen) atoms. The number of benzene rings is 2. The summed E-state index contributed by atoms with van der Waals surface area (Å²) >= 11 is 0. The molecule has 0 radical (unpaired) electrons. The number of nitrogens with zero attached hydrogens (tertiary/aromatic N) is 1. The predicted molar refractivity (Wildman–Crippen MR) is 86.7 cm³/mol. The molecule has 0 unspecified atom stereocenters. The smallest absolute Gasteiger partial charge is 0.328 e. The summed E-state index contributed by atoms with van der Waals surface area (Å²) in [4.78, 5) is 18.5. The number of imidazole rings is 1. The van der Waals surface area contributed by atoms with Gasteiger partial charge in [0.1, 0.15) is 5.82 Å². The highest BCUT2D eigenvalue weighted by atomic mass is 16.4. The molecule has 110 valence electrons. The predicted octanol–water partition coefficient (Wildman–Crippen LogP) is 3.81. The number of hydrogen-bond acceptors (Lipinski definition) is 2. The van der Waals surface area contributed by atoms with Crippen molar-refractivity contribution in [2.75, 3.05) is 0 Å². The number of H-pyrrole nitrogens is 1. The van der Waals surface area contributed by atoms with Gasteiger partial charge in [0.15, 0.2) is 0 Å². The minimum absolute atomic E-state index is 0.143. The van der Waals surface area contributed by atoms with Crippen molar-refractivity contribution < 1.29 is 9.90 Å². The second-order valence-electron chi connectivity index (χ2n) is 5.20. The van der Waals surface area contributed by atoms with Crippen LogP contribution in [0.1, 0.15) is 29.8 Å². The Morgan fingerprint density at radius 1 is 1.18 bits per heavy atom. The SMILES string of the molecule is C[C@@H](c1ccc(C=CC(=O)O)cc1)c1nc2ccccc2[nH]1. The molecule has 0 amide bonds. The third-order valence-electron chi connectivity index (χ3n) is 3.67. The Bertz CT molecular complexity index is 799. The molecule has 2 aromatic carbocycles. The molecule has 0 aliphatic rings. The van der Waals surface area contributed by atoms with Crippen molar-refractivity contribution >= 4 is 23.1 Å². The van der Waals surface area contributed by atoms with Crippen LogP contribution in [-0.2, 0) is 4.79 Å². The molecule has 0 saturated heterocycles. The molecule has 2 N–H and O–H groups in total. The lowest BCUT2D eigenvalue weighted by Gasteiger charge is -2.09. The molecule has 1 aromatic heterocycles. The van der Waals surface area contributed by atoms with E-state index in [4.69, 9.17) is 5.11 Å². The van der Waals surface area contributed by atoms with Crippen LogP contribution >= 0.6 is 0 Å². The third kappa shape index (κ3) is 2.91. The lowest BCUT2D eigenvalue weighted by molar-refractivity contribution is -0.131. The fraction of sp³-hybridized carbons (Fsp3) is 0.111. The van der Waals surface area contributed by atoms with Crippen LogP contribution in [0.2, 0.25) is 0 Å². The van der Waals surface area contributed by atoms with E-state index in [2.05, 4.69) is 16.9 Å². The summed E-state index contributed by atoms with van der Waals surface area (Å²) in [6, 6.07) is 15.8. The number of para-hydroxylation sites is 2. The molecule has 1 heterocycles. The zero-order valence-electron chi connectivity index (χ0n) is 12.2. The van der Waals surface area contributed by atoms with Crippen LogP contribution in [0.15, 0.2) is 54.6 Å². The molecule has 1 atom stereocenters. The Morgan fingerprint density at radius 2 is 1.91 bits per heavy atom. The second kappa shape index (κ2) is 5.85. The first-order valence-electron chi connectivity index (χ1n) is 7.09. The normalized spacial score (nSPS) is 12.8. The van der Waals surface area contributed by atoms with E-state index in [0.29, 0.717) is 0 Å². The molecule has 3 rings (SSSR count). The molecule has 4 heteroatoms. The molecular formula is C18H16N2O2. The zero-order valence-corrected chi connectivity index (χ0v) is 12.2. The number of fused-ring (bicyclic) bond motifs is 1. The van der Waals surface area contributed by atoms with Crippen LogP contribution in [0.3, 0.4) is 0 Å². The summed E-state index contributed by atoms with van der Waals surface area (Å²) in [7, 11) is 0. The summed E-state index contributed by atoms with van der Waals surface area (Å²) in [5, 5.41) is 8.64. The van der Waals surface area contributed by atoms with Gasteiger partial charge >= 0.3 is 5.97 Å². The topological polar surface area (TPSA) is 66.0 Å². The molecule has 0 saturated carbocycles. The van der Waals surface area contributed by atoms with Crippen LogP contribution in [0.5, 0.6) is 0 Å². The quantitative estimate of drug-likeness (QED) is 0.718. The van der Waals surface area contributed by atoms with Gasteiger partial charge in [-0.15, -0.1) is 0 Å². The Morgan fingerprint density at radius 3 is 2.59 bits per heavy atom. The number of carboxylic acid groups (broad SMARTS) is 1. The first-order valence-corrected chi connectivity index (χ1v) is 7.09. The Labute approximate surface area is 128 Å². The fourth-order valence-corrected chi connectivity index (χ4v) is 2.40. The number of carbonyl (C=O) groups is 1. The molecule has 0 aliphatic heterocycles. The monoisotopic (exact) mass is 292 g/mol. The summed E-state index contributed by atoms with van der Waals surface area (Å²) in [6.07, 6.45) is 2.72. The maximum atomic E-state index is 10.5. The Kier molecular flexibility index (Phi) is 3.74. The molecule has 3 aromatic rings. The number of aliphatic carboxylic acids is 1. The van der Waals surface area contributed by atoms with Gasteiger partial charge in [-0.2, -0.15) is 0 Å². The van der Waals surface area contributed by atoms with Crippen LogP contribution in [0.25, 0.3) is 17.1 Å². The maximum Gasteiger partial charge on any atom is 0.328 e. The maximum absolute atomic E-state index is 10.5. The van der Waals surface area contributed by atoms with Crippen molar-refractivity contribution in [3.63, 3.8) is 0 Å². The molecule has 0 spiro atoms. The van der Waals surface area contributed by atoms with E-state index in [1.165, 1.54) is 0 Å². The highest BCUT2D eigenvalue weighted by molar-refractivity contribution is 5.85. The number of nitrogens with one attached hydrogen (secondary N) is 1. The number of rotatable bonds is 4. The number of aromatic nitrogens is 2. The van der Waals surface area contributed by atoms with E-state index in [1.807, 2.05) is 48.5 Å². The molecule has 0 aliphatic carbocycles. The summed E-state index contributed by atoms with van der Waals surface area (Å²) in [5.74, 6) is 0.125. The van der Waals surface area contributed by atoms with Gasteiger partial charge in [0.2, 0.25) is 0 Å². The number of hydrogen-bond donors (Lipinski definition) is 2. The van der Waals surface area contributed by atoms with Crippen molar-refractivity contribution in [2.24, 2.45) is 0 Å². The third-order valence-corrected chi connectivity index (χ3v) is 3.67. The van der Waals surface area contributed by atoms with Gasteiger partial charge in [0.05, 0.1) is 11.0 Å². The van der Waals surface area contributed by atoms with Crippen LogP contribution in [0.4, 0.5) is 0 Å². The first-order chi connectivity index (χ1) is 10.6. The molecule has 4 nitrogen and oxygen atoms in total. The van der Waals surface area contributed by atoms with Gasteiger partial charge in [-0.25, -0.2) is 9.78 Å². The minimum atomic E-state index is -0.945. The second-order valence-corrected chi connectivity index (χ2v) is 5.20. The summed E-state index contributed by atoms with van der Waals surface area (Å²) in [5.41, 5.74) is 3.99. The van der Waals surface area contributed by atoms with E-state index in [1.54, 1.807) is 6.08 Å². The van der Waals surface area contributed by atoms with Crippen LogP contribution < -0.4 is 0 Å². The highest BCUT2D eigenvalue weighted by Crippen LogP contribution is 2.24. The zero-order chi connectivity index (χ0) is 15.5. The highest BCUT2D eigenvalue weighted by Gasteiger charge is 2.12. The lowest BCUT2D eigenvalue weighted by atomic mass is 9.99. The van der Waals surface area contributed by atoms with E-state index in [9.17, 15) is 4.79 Å². The Balaban J connectivity index is 1.85. The van der Waals surface area contributed by atoms with Crippen molar-refractivity contribution in [1.29, 1.82) is 0 Å². The first kappa shape index (κ1) is 14.1. The average Bonchev–Trinajstić information content (AvgIpc) is 2.96. The molecule has 0 bridgehead atoms. The molecule has 0 fully saturated rings. The lowest BCUT2D eigenvalue weighted by Crippen LogP contribution is -1.98. The van der Waals surface area contributed by atoms with E-state index in [-0.39, 0.29) is 5.92 Å². The van der Waals surface area contributed by atoms with Crippen LogP contribution in [0, 0.1) is 0 Å². The minimum Gasteiger partial charge on any atom is -0.478 e. The van der Waals surface area contributed by atoms with Crippen molar-refractivity contribution in [3.05, 3.63) is 71.6 Å². The van der Waals surface area contributed by atoms with E-state index < -0.39 is 5.97 Å². The number of aromatic amines is 1. The van der Waals surface area contributed by atoms with Crippen molar-refractivity contribution in [1.82, 2.24) is 9.97 Å². The van der Waals surface area contributed by atoms with Gasteiger partial charge in [-0.1, -0.05) is 43.3 Å². The van der Waals surface area contributed by atoms with Gasteiger partial charge in [0, 0.05) is 12.0 Å². The van der Waals surface area contributed by atoms with E-state index >= 15 is 0 Å². The van der Waals surface area contributed by atoms with Crippen LogP contribution in [-0.4, -0.2) is 21.0 Å². The standard InChI is InChI=1S/C18H16N2O2/c1-12(18-19-15-4-2-3-5-16(15)20-18)14-9-6-13(7-10-14)8-11-17(21)22/h2-12H,1H3,(H,19,20)(H,21,22)/t12-/m0/s1. The largest absolute Gasteiger partial charge is 0.478 e. The van der Waals surface area contributed by atoms with Gasteiger partial charge in [-0.3, -0.25) is 0 Å².